The average molecular weight is 321 g/mol. The number of benzene rings is 2. The normalized spacial score (nSPS) is 15.2. The van der Waals surface area contributed by atoms with Gasteiger partial charge in [0.05, 0.1) is 5.69 Å². The Bertz CT molecular complexity index is 890. The van der Waals surface area contributed by atoms with E-state index in [1.54, 1.807) is 12.1 Å². The van der Waals surface area contributed by atoms with Gasteiger partial charge < -0.3 is 4.98 Å². The van der Waals surface area contributed by atoms with E-state index in [4.69, 9.17) is 0 Å². The first-order valence-electron chi connectivity index (χ1n) is 8.59. The molecular formula is C21H20FNO. The molecule has 1 N–H and O–H groups in total. The number of H-pyrrole nitrogens is 1. The zero-order valence-corrected chi connectivity index (χ0v) is 13.5. The summed E-state index contributed by atoms with van der Waals surface area (Å²) < 4.78 is 13.3. The zero-order valence-electron chi connectivity index (χ0n) is 13.5. The third-order valence-corrected chi connectivity index (χ3v) is 5.03. The van der Waals surface area contributed by atoms with Crippen LogP contribution in [-0.2, 0) is 6.42 Å². The third-order valence-electron chi connectivity index (χ3n) is 5.03. The molecule has 0 aliphatic heterocycles. The van der Waals surface area contributed by atoms with Crippen LogP contribution in [0.4, 0.5) is 4.39 Å². The topological polar surface area (TPSA) is 32.9 Å². The number of fused-ring (bicyclic) bond motifs is 1. The first-order chi connectivity index (χ1) is 11.7. The second-order valence-corrected chi connectivity index (χ2v) is 6.74. The van der Waals surface area contributed by atoms with Crippen LogP contribution in [0.1, 0.15) is 53.2 Å². The highest BCUT2D eigenvalue weighted by atomic mass is 19.1. The number of carbonyl (C=O) groups excluding carboxylic acids is 1. The summed E-state index contributed by atoms with van der Waals surface area (Å²) in [4.78, 5) is 15.7. The van der Waals surface area contributed by atoms with E-state index in [9.17, 15) is 9.18 Å². The van der Waals surface area contributed by atoms with Crippen LogP contribution in [0.25, 0.3) is 10.9 Å². The molecule has 1 aliphatic carbocycles. The SMILES string of the molecule is O=C(Cc1cccc(F)c1)c1cc2cc(C3CCCC3)ccc2[nH]1. The summed E-state index contributed by atoms with van der Waals surface area (Å²) in [6.07, 6.45) is 5.36. The molecule has 3 heteroatoms. The molecule has 3 aromatic rings. The predicted octanol–water partition coefficient (Wildman–Crippen LogP) is 5.39. The van der Waals surface area contributed by atoms with Gasteiger partial charge in [-0.2, -0.15) is 0 Å². The van der Waals surface area contributed by atoms with Crippen LogP contribution >= 0.6 is 0 Å². The second kappa shape index (κ2) is 6.23. The van der Waals surface area contributed by atoms with Gasteiger partial charge in [0.1, 0.15) is 5.82 Å². The van der Waals surface area contributed by atoms with Crippen molar-refractivity contribution < 1.29 is 9.18 Å². The standard InChI is InChI=1S/C21H20FNO/c22-18-7-3-4-14(10-18)11-21(24)20-13-17-12-16(8-9-19(17)23-20)15-5-1-2-6-15/h3-4,7-10,12-13,15,23H,1-2,5-6,11H2. The Morgan fingerprint density at radius 2 is 1.92 bits per heavy atom. The van der Waals surface area contributed by atoms with Crippen LogP contribution in [0, 0.1) is 5.82 Å². The number of rotatable bonds is 4. The summed E-state index contributed by atoms with van der Waals surface area (Å²) in [5, 5.41) is 1.09. The van der Waals surface area contributed by atoms with E-state index in [1.165, 1.54) is 43.4 Å². The highest BCUT2D eigenvalue weighted by Gasteiger charge is 2.18. The van der Waals surface area contributed by atoms with E-state index < -0.39 is 0 Å². The first-order valence-corrected chi connectivity index (χ1v) is 8.59. The Morgan fingerprint density at radius 3 is 2.71 bits per heavy atom. The molecule has 1 heterocycles. The number of nitrogens with one attached hydrogen (secondary N) is 1. The van der Waals surface area contributed by atoms with Crippen molar-refractivity contribution in [3.05, 3.63) is 71.2 Å². The number of halogens is 1. The summed E-state index contributed by atoms with van der Waals surface area (Å²) in [7, 11) is 0. The van der Waals surface area contributed by atoms with E-state index in [0.29, 0.717) is 17.2 Å². The van der Waals surface area contributed by atoms with Crippen LogP contribution < -0.4 is 0 Å². The van der Waals surface area contributed by atoms with E-state index >= 15 is 0 Å². The molecule has 0 bridgehead atoms. The largest absolute Gasteiger partial charge is 0.352 e. The number of aromatic amines is 1. The van der Waals surface area contributed by atoms with Gasteiger partial charge in [0, 0.05) is 17.3 Å². The van der Waals surface area contributed by atoms with Gasteiger partial charge in [0.15, 0.2) is 5.78 Å². The maximum absolute atomic E-state index is 13.3. The fourth-order valence-electron chi connectivity index (χ4n) is 3.74. The maximum Gasteiger partial charge on any atom is 0.183 e. The highest BCUT2D eigenvalue weighted by Crippen LogP contribution is 2.35. The quantitative estimate of drug-likeness (QED) is 0.642. The van der Waals surface area contributed by atoms with Crippen molar-refractivity contribution in [2.75, 3.05) is 0 Å². The summed E-state index contributed by atoms with van der Waals surface area (Å²) >= 11 is 0. The number of Topliss-reactive ketones (excluding diaryl/α,β-unsaturated/α-hetero) is 1. The summed E-state index contributed by atoms with van der Waals surface area (Å²) in [5.41, 5.74) is 3.66. The van der Waals surface area contributed by atoms with Crippen LogP contribution in [0.2, 0.25) is 0 Å². The molecule has 0 spiro atoms. The molecular weight excluding hydrogens is 301 g/mol. The zero-order chi connectivity index (χ0) is 16.5. The van der Waals surface area contributed by atoms with Crippen LogP contribution in [0.5, 0.6) is 0 Å². The number of hydrogen-bond donors (Lipinski definition) is 1. The minimum absolute atomic E-state index is 0.0146. The molecule has 2 aromatic carbocycles. The first kappa shape index (κ1) is 15.1. The average Bonchev–Trinajstić information content (AvgIpc) is 3.23. The Labute approximate surface area is 140 Å². The van der Waals surface area contributed by atoms with Crippen molar-refractivity contribution in [1.29, 1.82) is 0 Å². The van der Waals surface area contributed by atoms with Gasteiger partial charge in [-0.1, -0.05) is 31.0 Å². The molecule has 1 aromatic heterocycles. The fourth-order valence-corrected chi connectivity index (χ4v) is 3.74. The minimum atomic E-state index is -0.307. The lowest BCUT2D eigenvalue weighted by molar-refractivity contribution is 0.0989. The summed E-state index contributed by atoms with van der Waals surface area (Å²) in [6, 6.07) is 14.6. The molecule has 24 heavy (non-hydrogen) atoms. The smallest absolute Gasteiger partial charge is 0.183 e. The van der Waals surface area contributed by atoms with Crippen molar-refractivity contribution in [1.82, 2.24) is 4.98 Å². The lowest BCUT2D eigenvalue weighted by Crippen LogP contribution is -2.03. The Balaban J connectivity index is 1.58. The van der Waals surface area contributed by atoms with E-state index in [2.05, 4.69) is 23.2 Å². The van der Waals surface area contributed by atoms with Gasteiger partial charge in [0.25, 0.3) is 0 Å². The van der Waals surface area contributed by atoms with Gasteiger partial charge in [-0.25, -0.2) is 4.39 Å². The number of carbonyl (C=O) groups is 1. The highest BCUT2D eigenvalue weighted by molar-refractivity contribution is 6.00. The summed E-state index contributed by atoms with van der Waals surface area (Å²) in [5.74, 6) is 0.341. The predicted molar refractivity (Wildman–Crippen MR) is 93.9 cm³/mol. The maximum atomic E-state index is 13.3. The molecule has 0 saturated heterocycles. The lowest BCUT2D eigenvalue weighted by atomic mass is 9.96. The third kappa shape index (κ3) is 2.99. The second-order valence-electron chi connectivity index (χ2n) is 6.74. The molecule has 2 nitrogen and oxygen atoms in total. The lowest BCUT2D eigenvalue weighted by Gasteiger charge is -2.08. The van der Waals surface area contributed by atoms with Crippen LogP contribution in [0.3, 0.4) is 0 Å². The van der Waals surface area contributed by atoms with E-state index in [1.807, 2.05) is 6.07 Å². The van der Waals surface area contributed by atoms with E-state index in [0.717, 1.165) is 10.9 Å². The van der Waals surface area contributed by atoms with Crippen molar-refractivity contribution in [2.24, 2.45) is 0 Å². The van der Waals surface area contributed by atoms with Crippen LogP contribution in [-0.4, -0.2) is 10.8 Å². The molecule has 1 saturated carbocycles. The van der Waals surface area contributed by atoms with Crippen molar-refractivity contribution >= 4 is 16.7 Å². The molecule has 0 unspecified atom stereocenters. The molecule has 1 aliphatic rings. The van der Waals surface area contributed by atoms with Crippen LogP contribution in [0.15, 0.2) is 48.5 Å². The molecule has 0 amide bonds. The van der Waals surface area contributed by atoms with E-state index in [-0.39, 0.29) is 18.0 Å². The number of hydrogen-bond acceptors (Lipinski definition) is 1. The number of aromatic nitrogens is 1. The fraction of sp³-hybridized carbons (Fsp3) is 0.286. The molecule has 1 fully saturated rings. The van der Waals surface area contributed by atoms with Crippen molar-refractivity contribution in [3.8, 4) is 0 Å². The Morgan fingerprint density at radius 1 is 1.08 bits per heavy atom. The molecule has 0 radical (unpaired) electrons. The van der Waals surface area contributed by atoms with Crippen molar-refractivity contribution in [2.45, 2.75) is 38.0 Å². The van der Waals surface area contributed by atoms with Crippen molar-refractivity contribution in [3.63, 3.8) is 0 Å². The molecule has 122 valence electrons. The van der Waals surface area contributed by atoms with Gasteiger partial charge in [-0.3, -0.25) is 4.79 Å². The van der Waals surface area contributed by atoms with Gasteiger partial charge >= 0.3 is 0 Å². The summed E-state index contributed by atoms with van der Waals surface area (Å²) in [6.45, 7) is 0. The van der Waals surface area contributed by atoms with Gasteiger partial charge in [-0.05, 0) is 60.2 Å². The Kier molecular flexibility index (Phi) is 3.93. The van der Waals surface area contributed by atoms with Gasteiger partial charge in [-0.15, -0.1) is 0 Å². The Hall–Kier alpha value is -2.42. The number of ketones is 1. The molecule has 0 atom stereocenters. The molecule has 4 rings (SSSR count). The minimum Gasteiger partial charge on any atom is -0.352 e. The van der Waals surface area contributed by atoms with Gasteiger partial charge in [0.2, 0.25) is 0 Å². The monoisotopic (exact) mass is 321 g/mol.